The molecule has 3 rings (SSSR count). The Kier molecular flexibility index (Phi) is 4.11. The van der Waals surface area contributed by atoms with Gasteiger partial charge in [0.2, 0.25) is 0 Å². The van der Waals surface area contributed by atoms with Gasteiger partial charge in [-0.25, -0.2) is 4.57 Å². The zero-order chi connectivity index (χ0) is 15.4. The number of nitrogens with two attached hydrogens (primary N) is 1. The third-order valence-electron chi connectivity index (χ3n) is 3.08. The summed E-state index contributed by atoms with van der Waals surface area (Å²) in [6, 6.07) is 15.4. The van der Waals surface area contributed by atoms with Crippen molar-refractivity contribution in [2.24, 2.45) is 17.3 Å². The van der Waals surface area contributed by atoms with Gasteiger partial charge in [-0.3, -0.25) is 0 Å². The average Bonchev–Trinajstić information content (AvgIpc) is 2.94. The van der Waals surface area contributed by atoms with Crippen molar-refractivity contribution in [3.63, 3.8) is 0 Å². The number of azo groups is 1. The van der Waals surface area contributed by atoms with Crippen LogP contribution < -0.4 is 15.6 Å². The molecule has 5 nitrogen and oxygen atoms in total. The number of hydrogen-bond acceptors (Lipinski definition) is 5. The second-order valence-corrected chi connectivity index (χ2v) is 5.66. The maximum atomic E-state index is 5.67. The summed E-state index contributed by atoms with van der Waals surface area (Å²) in [4.78, 5) is 0. The van der Waals surface area contributed by atoms with Crippen LogP contribution in [0.4, 0.5) is 27.9 Å². The van der Waals surface area contributed by atoms with Crippen molar-refractivity contribution < 1.29 is 4.57 Å². The van der Waals surface area contributed by atoms with Crippen molar-refractivity contribution in [1.82, 2.24) is 0 Å². The SMILES string of the molecule is C[n+]1ccsc1N=Nc1ccc(Nc2ccc(N)cc2)cc1. The first-order valence-electron chi connectivity index (χ1n) is 6.78. The first kappa shape index (κ1) is 14.2. The minimum absolute atomic E-state index is 0.753. The Hall–Kier alpha value is -2.73. The second kappa shape index (κ2) is 6.36. The summed E-state index contributed by atoms with van der Waals surface area (Å²) in [7, 11) is 1.95. The summed E-state index contributed by atoms with van der Waals surface area (Å²) >= 11 is 1.55. The number of anilines is 3. The van der Waals surface area contributed by atoms with E-state index in [2.05, 4.69) is 15.5 Å². The molecule has 1 aromatic heterocycles. The van der Waals surface area contributed by atoms with Crippen molar-refractivity contribution in [3.8, 4) is 0 Å². The molecular formula is C16H16N5S+. The lowest BCUT2D eigenvalue weighted by Gasteiger charge is -2.06. The molecule has 0 radical (unpaired) electrons. The fourth-order valence-electron chi connectivity index (χ4n) is 1.87. The standard InChI is InChI=1S/C16H15N5S/c1-21-10-11-22-16(21)20-19-15-8-6-14(7-9-15)18-13-4-2-12(17)3-5-13/h2-11H,1H3,(H2,17,19)/p+1. The van der Waals surface area contributed by atoms with Gasteiger partial charge in [-0.1, -0.05) is 0 Å². The van der Waals surface area contributed by atoms with E-state index in [1.165, 1.54) is 0 Å². The van der Waals surface area contributed by atoms with Gasteiger partial charge in [-0.2, -0.15) is 0 Å². The molecule has 0 saturated carbocycles. The largest absolute Gasteiger partial charge is 0.408 e. The minimum Gasteiger partial charge on any atom is -0.399 e. The highest BCUT2D eigenvalue weighted by Crippen LogP contribution is 2.23. The van der Waals surface area contributed by atoms with E-state index in [-0.39, 0.29) is 0 Å². The average molecular weight is 310 g/mol. The predicted molar refractivity (Wildman–Crippen MR) is 90.3 cm³/mol. The third kappa shape index (κ3) is 3.48. The Bertz CT molecular complexity index is 775. The summed E-state index contributed by atoms with van der Waals surface area (Å²) in [6.07, 6.45) is 1.96. The summed E-state index contributed by atoms with van der Waals surface area (Å²) in [6.45, 7) is 0. The Morgan fingerprint density at radius 3 is 2.18 bits per heavy atom. The van der Waals surface area contributed by atoms with E-state index in [9.17, 15) is 0 Å². The minimum atomic E-state index is 0.753. The molecule has 0 aliphatic heterocycles. The second-order valence-electron chi connectivity index (χ2n) is 4.79. The van der Waals surface area contributed by atoms with Crippen LogP contribution in [0.15, 0.2) is 70.3 Å². The van der Waals surface area contributed by atoms with Gasteiger partial charge >= 0.3 is 5.13 Å². The van der Waals surface area contributed by atoms with Crippen molar-refractivity contribution >= 4 is 39.2 Å². The highest BCUT2D eigenvalue weighted by atomic mass is 32.1. The number of rotatable bonds is 4. The maximum Gasteiger partial charge on any atom is 0.408 e. The fraction of sp³-hybridized carbons (Fsp3) is 0.0625. The van der Waals surface area contributed by atoms with Crippen LogP contribution in [-0.4, -0.2) is 0 Å². The van der Waals surface area contributed by atoms with Crippen molar-refractivity contribution in [1.29, 1.82) is 0 Å². The molecular weight excluding hydrogens is 294 g/mol. The van der Waals surface area contributed by atoms with Gasteiger partial charge < -0.3 is 11.1 Å². The maximum absolute atomic E-state index is 5.67. The van der Waals surface area contributed by atoms with E-state index < -0.39 is 0 Å². The molecule has 0 aliphatic rings. The van der Waals surface area contributed by atoms with Crippen LogP contribution in [0.5, 0.6) is 0 Å². The Balaban J connectivity index is 1.69. The summed E-state index contributed by atoms with van der Waals surface area (Å²) in [5.41, 5.74) is 9.23. The lowest BCUT2D eigenvalue weighted by atomic mass is 10.2. The highest BCUT2D eigenvalue weighted by Gasteiger charge is 2.06. The molecule has 0 spiro atoms. The van der Waals surface area contributed by atoms with Crippen LogP contribution in [0.2, 0.25) is 0 Å². The van der Waals surface area contributed by atoms with Gasteiger partial charge in [0, 0.05) is 22.4 Å². The lowest BCUT2D eigenvalue weighted by Crippen LogP contribution is -2.23. The molecule has 0 aliphatic carbocycles. The number of nitrogens with one attached hydrogen (secondary N) is 1. The number of nitrogens with zero attached hydrogens (tertiary/aromatic N) is 3. The molecule has 0 bridgehead atoms. The zero-order valence-electron chi connectivity index (χ0n) is 12.1. The number of thiazole rings is 1. The van der Waals surface area contributed by atoms with Crippen molar-refractivity contribution in [2.45, 2.75) is 0 Å². The van der Waals surface area contributed by atoms with E-state index in [4.69, 9.17) is 5.73 Å². The molecule has 3 N–H and O–H groups in total. The summed E-state index contributed by atoms with van der Waals surface area (Å²) in [5, 5.41) is 14.6. The lowest BCUT2D eigenvalue weighted by molar-refractivity contribution is -0.654. The van der Waals surface area contributed by atoms with Crippen molar-refractivity contribution in [3.05, 3.63) is 60.1 Å². The van der Waals surface area contributed by atoms with Crippen LogP contribution in [0.1, 0.15) is 0 Å². The van der Waals surface area contributed by atoms with E-state index in [0.29, 0.717) is 0 Å². The molecule has 110 valence electrons. The Morgan fingerprint density at radius 1 is 0.955 bits per heavy atom. The molecule has 2 aromatic carbocycles. The molecule has 0 atom stereocenters. The third-order valence-corrected chi connectivity index (χ3v) is 3.92. The van der Waals surface area contributed by atoms with Gasteiger partial charge in [-0.05, 0) is 65.0 Å². The molecule has 0 saturated heterocycles. The van der Waals surface area contributed by atoms with Gasteiger partial charge in [0.1, 0.15) is 11.9 Å². The van der Waals surface area contributed by atoms with Gasteiger partial charge in [0.25, 0.3) is 0 Å². The Labute approximate surface area is 132 Å². The molecule has 6 heteroatoms. The van der Waals surface area contributed by atoms with Crippen molar-refractivity contribution in [2.75, 3.05) is 11.1 Å². The van der Waals surface area contributed by atoms with Crippen LogP contribution in [0.3, 0.4) is 0 Å². The molecule has 3 aromatic rings. The van der Waals surface area contributed by atoms with Crippen LogP contribution >= 0.6 is 11.3 Å². The Morgan fingerprint density at radius 2 is 1.59 bits per heavy atom. The van der Waals surface area contributed by atoms with Gasteiger partial charge in [0.05, 0.1) is 12.2 Å². The van der Waals surface area contributed by atoms with E-state index >= 15 is 0 Å². The molecule has 0 fully saturated rings. The molecule has 0 amide bonds. The highest BCUT2D eigenvalue weighted by molar-refractivity contribution is 7.12. The smallest absolute Gasteiger partial charge is 0.399 e. The van der Waals surface area contributed by atoms with E-state index in [1.54, 1.807) is 11.3 Å². The van der Waals surface area contributed by atoms with E-state index in [1.807, 2.05) is 71.7 Å². The van der Waals surface area contributed by atoms with Gasteiger partial charge in [0.15, 0.2) is 0 Å². The molecule has 0 unspecified atom stereocenters. The van der Waals surface area contributed by atoms with Crippen LogP contribution in [0.25, 0.3) is 0 Å². The summed E-state index contributed by atoms with van der Waals surface area (Å²) < 4.78 is 1.94. The number of nitrogen functional groups attached to an aromatic ring is 1. The summed E-state index contributed by atoms with van der Waals surface area (Å²) in [5.74, 6) is 0. The molecule has 22 heavy (non-hydrogen) atoms. The monoisotopic (exact) mass is 310 g/mol. The number of aromatic nitrogens is 1. The topological polar surface area (TPSA) is 66.6 Å². The number of aryl methyl sites for hydroxylation is 1. The zero-order valence-corrected chi connectivity index (χ0v) is 12.9. The fourth-order valence-corrected chi connectivity index (χ4v) is 2.55. The molecule has 1 heterocycles. The first-order valence-corrected chi connectivity index (χ1v) is 7.66. The van der Waals surface area contributed by atoms with Crippen LogP contribution in [0, 0.1) is 0 Å². The number of hydrogen-bond donors (Lipinski definition) is 2. The first-order chi connectivity index (χ1) is 10.7. The predicted octanol–water partition coefficient (Wildman–Crippen LogP) is 4.31. The van der Waals surface area contributed by atoms with E-state index in [0.717, 1.165) is 27.9 Å². The van der Waals surface area contributed by atoms with Gasteiger partial charge in [-0.15, -0.1) is 0 Å². The van der Waals surface area contributed by atoms with Crippen LogP contribution in [-0.2, 0) is 7.05 Å². The normalized spacial score (nSPS) is 11.0. The quantitative estimate of drug-likeness (QED) is 0.428. The number of benzene rings is 2.